The lowest BCUT2D eigenvalue weighted by Crippen LogP contribution is -2.05. The molecule has 6 heteroatoms. The second-order valence-corrected chi connectivity index (χ2v) is 8.95. The monoisotopic (exact) mass is 416 g/mol. The van der Waals surface area contributed by atoms with Crippen molar-refractivity contribution < 1.29 is 14.3 Å². The zero-order chi connectivity index (χ0) is 20.1. The number of benzene rings is 2. The van der Waals surface area contributed by atoms with Gasteiger partial charge in [-0.1, -0.05) is 26.7 Å². The summed E-state index contributed by atoms with van der Waals surface area (Å²) in [6.45, 7) is 4.32. The Hall–Kier alpha value is -1.92. The number of hydrogen-bond acceptors (Lipinski definition) is 5. The molecule has 0 radical (unpaired) electrons. The summed E-state index contributed by atoms with van der Waals surface area (Å²) >= 11 is 3.46. The summed E-state index contributed by atoms with van der Waals surface area (Å²) in [5.74, 6) is 0.915. The Bertz CT molecular complexity index is 1060. The molecule has 0 aliphatic rings. The average Bonchev–Trinajstić information content (AvgIpc) is 2.69. The maximum Gasteiger partial charge on any atom is 0.335 e. The van der Waals surface area contributed by atoms with Gasteiger partial charge in [-0.05, 0) is 54.7 Å². The van der Waals surface area contributed by atoms with E-state index < -0.39 is 5.97 Å². The Kier molecular flexibility index (Phi) is 7.08. The Balaban J connectivity index is 2.17. The fraction of sp³-hybridized carbons (Fsp3) is 0.364. The van der Waals surface area contributed by atoms with E-state index in [9.17, 15) is 14.7 Å². The number of carboxylic acid groups (broad SMARTS) is 1. The summed E-state index contributed by atoms with van der Waals surface area (Å²) in [6.07, 6.45) is 4.46. The molecule has 0 saturated carbocycles. The van der Waals surface area contributed by atoms with Crippen LogP contribution in [0.1, 0.15) is 49.9 Å². The zero-order valence-corrected chi connectivity index (χ0v) is 17.8. The summed E-state index contributed by atoms with van der Waals surface area (Å²) in [6, 6.07) is 8.45. The SMILES string of the molecule is CCCCSc1cc(SCCCC)c2oc3ccc(C(=O)O)cc3c(=O)c2c1. The van der Waals surface area contributed by atoms with E-state index in [1.807, 2.05) is 6.07 Å². The molecule has 0 fully saturated rings. The molecule has 0 saturated heterocycles. The highest BCUT2D eigenvalue weighted by Crippen LogP contribution is 2.34. The van der Waals surface area contributed by atoms with Crippen LogP contribution in [-0.2, 0) is 0 Å². The van der Waals surface area contributed by atoms with E-state index in [2.05, 4.69) is 19.9 Å². The van der Waals surface area contributed by atoms with Gasteiger partial charge in [0.05, 0.1) is 21.2 Å². The van der Waals surface area contributed by atoms with Gasteiger partial charge in [0.25, 0.3) is 0 Å². The molecule has 0 spiro atoms. The van der Waals surface area contributed by atoms with Crippen molar-refractivity contribution in [2.45, 2.75) is 49.3 Å². The van der Waals surface area contributed by atoms with Crippen LogP contribution in [0.5, 0.6) is 0 Å². The van der Waals surface area contributed by atoms with E-state index in [-0.39, 0.29) is 11.0 Å². The molecule has 0 amide bonds. The van der Waals surface area contributed by atoms with Crippen molar-refractivity contribution in [2.75, 3.05) is 11.5 Å². The molecule has 1 N–H and O–H groups in total. The van der Waals surface area contributed by atoms with Crippen LogP contribution in [0.4, 0.5) is 0 Å². The maximum atomic E-state index is 13.2. The van der Waals surface area contributed by atoms with Gasteiger partial charge in [-0.25, -0.2) is 4.79 Å². The molecule has 4 nitrogen and oxygen atoms in total. The number of fused-ring (bicyclic) bond motifs is 2. The van der Waals surface area contributed by atoms with Gasteiger partial charge in [-0.15, -0.1) is 23.5 Å². The summed E-state index contributed by atoms with van der Waals surface area (Å²) in [7, 11) is 0. The molecule has 3 rings (SSSR count). The minimum Gasteiger partial charge on any atom is -0.478 e. The number of aromatic carboxylic acids is 1. The minimum atomic E-state index is -1.05. The van der Waals surface area contributed by atoms with Gasteiger partial charge in [0.1, 0.15) is 5.58 Å². The number of hydrogen-bond donors (Lipinski definition) is 1. The van der Waals surface area contributed by atoms with Crippen LogP contribution in [0.2, 0.25) is 0 Å². The summed E-state index contributed by atoms with van der Waals surface area (Å²) < 4.78 is 6.08. The topological polar surface area (TPSA) is 67.5 Å². The second-order valence-electron chi connectivity index (χ2n) is 6.65. The normalized spacial score (nSPS) is 11.4. The van der Waals surface area contributed by atoms with E-state index >= 15 is 0 Å². The number of unbranched alkanes of at least 4 members (excludes halogenated alkanes) is 2. The molecule has 1 aromatic heterocycles. The first-order valence-electron chi connectivity index (χ1n) is 9.58. The average molecular weight is 417 g/mol. The molecular weight excluding hydrogens is 392 g/mol. The van der Waals surface area contributed by atoms with E-state index in [0.717, 1.165) is 47.0 Å². The number of thioether (sulfide) groups is 2. The standard InChI is InChI=1S/C22H24O4S2/c1-3-5-9-27-15-12-17-20(23)16-11-14(22(24)25)7-8-18(16)26-21(17)19(13-15)28-10-6-4-2/h7-8,11-13H,3-6,9-10H2,1-2H3,(H,24,25). The number of rotatable bonds is 9. The molecule has 1 heterocycles. The fourth-order valence-electron chi connectivity index (χ4n) is 2.89. The van der Waals surface area contributed by atoms with E-state index in [1.54, 1.807) is 29.6 Å². The van der Waals surface area contributed by atoms with Crippen LogP contribution < -0.4 is 5.43 Å². The quantitative estimate of drug-likeness (QED) is 0.246. The lowest BCUT2D eigenvalue weighted by molar-refractivity contribution is 0.0697. The van der Waals surface area contributed by atoms with Crippen molar-refractivity contribution in [2.24, 2.45) is 0 Å². The largest absolute Gasteiger partial charge is 0.478 e. The zero-order valence-electron chi connectivity index (χ0n) is 16.1. The Morgan fingerprint density at radius 1 is 1.00 bits per heavy atom. The first kappa shape index (κ1) is 20.8. The van der Waals surface area contributed by atoms with E-state index in [1.165, 1.54) is 12.1 Å². The van der Waals surface area contributed by atoms with Crippen molar-refractivity contribution in [3.8, 4) is 0 Å². The smallest absolute Gasteiger partial charge is 0.335 e. The van der Waals surface area contributed by atoms with Crippen molar-refractivity contribution in [1.29, 1.82) is 0 Å². The van der Waals surface area contributed by atoms with Gasteiger partial charge in [0.15, 0.2) is 5.58 Å². The molecule has 3 aromatic rings. The van der Waals surface area contributed by atoms with Crippen molar-refractivity contribution >= 4 is 51.4 Å². The predicted molar refractivity (Wildman–Crippen MR) is 118 cm³/mol. The van der Waals surface area contributed by atoms with Gasteiger partial charge < -0.3 is 9.52 Å². The second kappa shape index (κ2) is 9.52. The fourth-order valence-corrected chi connectivity index (χ4v) is 5.18. The third-order valence-electron chi connectivity index (χ3n) is 4.48. The predicted octanol–water partition coefficient (Wildman–Crippen LogP) is 6.43. The van der Waals surface area contributed by atoms with E-state index in [4.69, 9.17) is 4.42 Å². The molecule has 0 aliphatic carbocycles. The van der Waals surface area contributed by atoms with Gasteiger partial charge >= 0.3 is 5.97 Å². The van der Waals surface area contributed by atoms with Crippen molar-refractivity contribution in [3.05, 3.63) is 46.1 Å². The molecule has 0 unspecified atom stereocenters. The highest BCUT2D eigenvalue weighted by Gasteiger charge is 2.15. The molecule has 0 bridgehead atoms. The van der Waals surface area contributed by atoms with Crippen LogP contribution in [0.15, 0.2) is 49.3 Å². The summed E-state index contributed by atoms with van der Waals surface area (Å²) in [5.41, 5.74) is 0.938. The third kappa shape index (κ3) is 4.55. The lowest BCUT2D eigenvalue weighted by atomic mass is 10.1. The van der Waals surface area contributed by atoms with Gasteiger partial charge in [0.2, 0.25) is 5.43 Å². The van der Waals surface area contributed by atoms with E-state index in [0.29, 0.717) is 21.9 Å². The molecule has 2 aromatic carbocycles. The number of carbonyl (C=O) groups is 1. The Labute approximate surface area is 172 Å². The van der Waals surface area contributed by atoms with Crippen LogP contribution in [0.3, 0.4) is 0 Å². The molecule has 148 valence electrons. The van der Waals surface area contributed by atoms with Crippen LogP contribution in [-0.4, -0.2) is 22.6 Å². The Morgan fingerprint density at radius 2 is 1.71 bits per heavy atom. The molecule has 0 aliphatic heterocycles. The number of carboxylic acids is 1. The molecule has 0 atom stereocenters. The molecular formula is C22H24O4S2. The van der Waals surface area contributed by atoms with Gasteiger partial charge in [-0.2, -0.15) is 0 Å². The molecule has 28 heavy (non-hydrogen) atoms. The third-order valence-corrected chi connectivity index (χ3v) is 6.65. The van der Waals surface area contributed by atoms with Gasteiger partial charge in [-0.3, -0.25) is 4.79 Å². The van der Waals surface area contributed by atoms with Crippen molar-refractivity contribution in [1.82, 2.24) is 0 Å². The van der Waals surface area contributed by atoms with Gasteiger partial charge in [0, 0.05) is 4.90 Å². The lowest BCUT2D eigenvalue weighted by Gasteiger charge is -2.10. The minimum absolute atomic E-state index is 0.0881. The van der Waals surface area contributed by atoms with Crippen LogP contribution in [0.25, 0.3) is 21.9 Å². The van der Waals surface area contributed by atoms with Crippen LogP contribution >= 0.6 is 23.5 Å². The Morgan fingerprint density at radius 3 is 2.39 bits per heavy atom. The summed E-state index contributed by atoms with van der Waals surface area (Å²) in [5, 5.41) is 10.1. The maximum absolute atomic E-state index is 13.2. The first-order valence-corrected chi connectivity index (χ1v) is 11.6. The van der Waals surface area contributed by atoms with Crippen molar-refractivity contribution in [3.63, 3.8) is 0 Å². The highest BCUT2D eigenvalue weighted by atomic mass is 32.2. The summed E-state index contributed by atoms with van der Waals surface area (Å²) in [4.78, 5) is 26.5. The van der Waals surface area contributed by atoms with Crippen LogP contribution in [0, 0.1) is 0 Å². The first-order chi connectivity index (χ1) is 13.5. The highest BCUT2D eigenvalue weighted by molar-refractivity contribution is 8.00.